The first-order valence-corrected chi connectivity index (χ1v) is 10.3. The normalized spacial score (nSPS) is 12.3. The largest absolute Gasteiger partial charge is 0.456 e. The van der Waals surface area contributed by atoms with E-state index in [2.05, 4.69) is 95.7 Å². The van der Waals surface area contributed by atoms with E-state index in [9.17, 15) is 0 Å². The zero-order chi connectivity index (χ0) is 20.0. The van der Waals surface area contributed by atoms with Gasteiger partial charge in [0, 0.05) is 27.1 Å². The van der Waals surface area contributed by atoms with E-state index in [4.69, 9.17) is 4.42 Å². The maximum absolute atomic E-state index is 6.35. The van der Waals surface area contributed by atoms with Crippen LogP contribution in [0.5, 0.6) is 0 Å². The summed E-state index contributed by atoms with van der Waals surface area (Å²) in [6, 6.07) is 28.0. The van der Waals surface area contributed by atoms with Crippen molar-refractivity contribution in [3.8, 4) is 0 Å². The van der Waals surface area contributed by atoms with Crippen molar-refractivity contribution in [3.63, 3.8) is 0 Å². The molecule has 3 heteroatoms. The van der Waals surface area contributed by atoms with E-state index < -0.39 is 0 Å². The van der Waals surface area contributed by atoms with Gasteiger partial charge in [-0.3, -0.25) is 0 Å². The van der Waals surface area contributed by atoms with Crippen molar-refractivity contribution < 1.29 is 8.98 Å². The van der Waals surface area contributed by atoms with Crippen LogP contribution in [-0.4, -0.2) is 4.40 Å². The van der Waals surface area contributed by atoms with Crippen LogP contribution < -0.4 is 4.57 Å². The predicted octanol–water partition coefficient (Wildman–Crippen LogP) is 6.43. The van der Waals surface area contributed by atoms with Crippen LogP contribution in [0.25, 0.3) is 60.3 Å². The maximum atomic E-state index is 6.35. The molecule has 0 saturated carbocycles. The average Bonchev–Trinajstić information content (AvgIpc) is 3.31. The van der Waals surface area contributed by atoms with Crippen LogP contribution in [0, 0.1) is 6.92 Å². The zero-order valence-electron chi connectivity index (χ0n) is 16.8. The lowest BCUT2D eigenvalue weighted by molar-refractivity contribution is -0.617. The number of aryl methyl sites for hydroxylation is 2. The van der Waals surface area contributed by atoms with Gasteiger partial charge >= 0.3 is 0 Å². The van der Waals surface area contributed by atoms with Crippen LogP contribution in [-0.2, 0) is 7.05 Å². The van der Waals surface area contributed by atoms with Gasteiger partial charge in [0.2, 0.25) is 0 Å². The molecule has 30 heavy (non-hydrogen) atoms. The summed E-state index contributed by atoms with van der Waals surface area (Å²) >= 11 is 0. The molecule has 0 fully saturated rings. The molecule has 0 unspecified atom stereocenters. The Labute approximate surface area is 172 Å². The molecule has 3 nitrogen and oxygen atoms in total. The highest BCUT2D eigenvalue weighted by Gasteiger charge is 2.25. The minimum absolute atomic E-state index is 0.941. The topological polar surface area (TPSA) is 21.4 Å². The van der Waals surface area contributed by atoms with Gasteiger partial charge in [0.25, 0.3) is 5.65 Å². The van der Waals surface area contributed by atoms with Crippen molar-refractivity contribution in [2.24, 2.45) is 7.05 Å². The van der Waals surface area contributed by atoms with E-state index in [1.54, 1.807) is 0 Å². The van der Waals surface area contributed by atoms with Crippen LogP contribution in [0.2, 0.25) is 0 Å². The molecule has 7 aromatic rings. The fraction of sp³-hybridized carbons (Fsp3) is 0.0741. The first-order chi connectivity index (χ1) is 14.7. The molecular weight excluding hydrogens is 368 g/mol. The van der Waals surface area contributed by atoms with E-state index >= 15 is 0 Å². The van der Waals surface area contributed by atoms with Crippen LogP contribution in [0.4, 0.5) is 0 Å². The van der Waals surface area contributed by atoms with Crippen LogP contribution in [0.1, 0.15) is 5.56 Å². The standard InChI is InChI=1S/C27H19N2O/c1-16-25-19(15-20-18-10-4-8-14-24(18)30-26(16)20)17-9-3-5-11-21(17)29-23-13-7-6-12-22(23)28(2)27(25)29/h3-15H,1-2H3/q+1. The summed E-state index contributed by atoms with van der Waals surface area (Å²) in [5, 5.41) is 6.14. The number of para-hydroxylation sites is 4. The van der Waals surface area contributed by atoms with Crippen molar-refractivity contribution in [1.82, 2.24) is 4.40 Å². The highest BCUT2D eigenvalue weighted by molar-refractivity contribution is 6.21. The number of pyridine rings is 1. The predicted molar refractivity (Wildman–Crippen MR) is 123 cm³/mol. The molecule has 142 valence electrons. The molecule has 0 bridgehead atoms. The third-order valence-electron chi connectivity index (χ3n) is 6.58. The maximum Gasteiger partial charge on any atom is 0.295 e. The third-order valence-corrected chi connectivity index (χ3v) is 6.58. The molecule has 0 N–H and O–H groups in total. The molecule has 0 amide bonds. The fourth-order valence-electron chi connectivity index (χ4n) is 5.25. The second-order valence-corrected chi connectivity index (χ2v) is 8.12. The molecule has 3 heterocycles. The summed E-state index contributed by atoms with van der Waals surface area (Å²) < 4.78 is 11.1. The third kappa shape index (κ3) is 1.79. The second kappa shape index (κ2) is 5.39. The molecule has 0 atom stereocenters. The van der Waals surface area contributed by atoms with E-state index in [0.29, 0.717) is 0 Å². The minimum Gasteiger partial charge on any atom is -0.456 e. The van der Waals surface area contributed by atoms with Crippen molar-refractivity contribution in [3.05, 3.63) is 84.4 Å². The second-order valence-electron chi connectivity index (χ2n) is 8.12. The van der Waals surface area contributed by atoms with Gasteiger partial charge in [0.05, 0.1) is 12.4 Å². The number of benzene rings is 4. The summed E-state index contributed by atoms with van der Waals surface area (Å²) in [7, 11) is 2.16. The first-order valence-electron chi connectivity index (χ1n) is 10.3. The molecule has 0 saturated heterocycles. The number of hydrogen-bond acceptors (Lipinski definition) is 1. The zero-order valence-corrected chi connectivity index (χ0v) is 16.8. The molecule has 3 aromatic heterocycles. The molecular formula is C27H19N2O+. The lowest BCUT2D eigenvalue weighted by Crippen LogP contribution is -2.27. The number of aromatic nitrogens is 2. The summed E-state index contributed by atoms with van der Waals surface area (Å²) in [6.45, 7) is 2.19. The highest BCUT2D eigenvalue weighted by Crippen LogP contribution is 2.40. The number of rotatable bonds is 0. The van der Waals surface area contributed by atoms with E-state index in [1.807, 2.05) is 6.07 Å². The number of imidazole rings is 1. The molecule has 7 rings (SSSR count). The summed E-state index contributed by atoms with van der Waals surface area (Å²) in [6.07, 6.45) is 0. The van der Waals surface area contributed by atoms with Gasteiger partial charge in [0.1, 0.15) is 16.7 Å². The SMILES string of the molecule is Cc1c2oc3ccccc3c2cc2c3ccccc3n3c4ccccc4[n+](C)c3c12. The Morgan fingerprint density at radius 2 is 1.43 bits per heavy atom. The number of furan rings is 1. The van der Waals surface area contributed by atoms with Gasteiger partial charge in [-0.2, -0.15) is 4.40 Å². The van der Waals surface area contributed by atoms with Gasteiger partial charge in [-0.1, -0.05) is 48.5 Å². The average molecular weight is 387 g/mol. The lowest BCUT2D eigenvalue weighted by Gasteiger charge is -2.08. The molecule has 0 aliphatic heterocycles. The first kappa shape index (κ1) is 16.0. The van der Waals surface area contributed by atoms with Gasteiger partial charge in [-0.05, 0) is 37.3 Å². The summed E-state index contributed by atoms with van der Waals surface area (Å²) in [5.74, 6) is 0. The van der Waals surface area contributed by atoms with Gasteiger partial charge in [0.15, 0.2) is 11.0 Å². The van der Waals surface area contributed by atoms with Crippen molar-refractivity contribution in [2.75, 3.05) is 0 Å². The molecule has 4 aromatic carbocycles. The van der Waals surface area contributed by atoms with Crippen molar-refractivity contribution in [1.29, 1.82) is 0 Å². The quantitative estimate of drug-likeness (QED) is 0.217. The van der Waals surface area contributed by atoms with Crippen molar-refractivity contribution >= 4 is 60.3 Å². The van der Waals surface area contributed by atoms with Crippen LogP contribution in [0.3, 0.4) is 0 Å². The van der Waals surface area contributed by atoms with Gasteiger partial charge in [-0.15, -0.1) is 0 Å². The Morgan fingerprint density at radius 1 is 0.733 bits per heavy atom. The number of fused-ring (bicyclic) bond motifs is 11. The Morgan fingerprint density at radius 3 is 2.30 bits per heavy atom. The van der Waals surface area contributed by atoms with E-state index in [-0.39, 0.29) is 0 Å². The van der Waals surface area contributed by atoms with Gasteiger partial charge in [-0.25, -0.2) is 4.57 Å². The Kier molecular flexibility index (Phi) is 2.88. The smallest absolute Gasteiger partial charge is 0.295 e. The Balaban J connectivity index is 1.89. The molecule has 0 spiro atoms. The minimum atomic E-state index is 0.941. The van der Waals surface area contributed by atoms with Crippen molar-refractivity contribution in [2.45, 2.75) is 6.92 Å². The Bertz CT molecular complexity index is 1820. The summed E-state index contributed by atoms with van der Waals surface area (Å²) in [4.78, 5) is 0. The van der Waals surface area contributed by atoms with Gasteiger partial charge < -0.3 is 4.42 Å². The number of nitrogens with zero attached hydrogens (tertiary/aromatic N) is 2. The number of hydrogen-bond donors (Lipinski definition) is 0. The highest BCUT2D eigenvalue weighted by atomic mass is 16.3. The fourth-order valence-corrected chi connectivity index (χ4v) is 5.25. The molecule has 0 radical (unpaired) electrons. The van der Waals surface area contributed by atoms with Crippen LogP contribution >= 0.6 is 0 Å². The van der Waals surface area contributed by atoms with Crippen LogP contribution in [0.15, 0.2) is 83.3 Å². The van der Waals surface area contributed by atoms with E-state index in [1.165, 1.54) is 54.7 Å². The molecule has 0 aliphatic carbocycles. The monoisotopic (exact) mass is 387 g/mol. The summed E-state index contributed by atoms with van der Waals surface area (Å²) in [5.41, 5.74) is 7.97. The Hall–Kier alpha value is -3.85. The van der Waals surface area contributed by atoms with E-state index in [0.717, 1.165) is 11.2 Å². The lowest BCUT2D eigenvalue weighted by atomic mass is 9.98. The molecule has 0 aliphatic rings.